The Kier molecular flexibility index (Phi) is 6.32. The van der Waals surface area contributed by atoms with Gasteiger partial charge < -0.3 is 10.1 Å². The van der Waals surface area contributed by atoms with Crippen molar-refractivity contribution in [2.75, 3.05) is 32.1 Å². The molecule has 1 unspecified atom stereocenters. The number of rotatable bonds is 6. The number of halogens is 1. The maximum Gasteiger partial charge on any atom is 0.161 e. The maximum absolute atomic E-state index is 9.11. The van der Waals surface area contributed by atoms with Crippen LogP contribution in [0.1, 0.15) is 36.6 Å². The van der Waals surface area contributed by atoms with Crippen LogP contribution < -0.4 is 10.1 Å². The molecule has 0 spiro atoms. The Bertz CT molecular complexity index is 766. The minimum absolute atomic E-state index is 0.240. The molecule has 0 radical (unpaired) electrons. The fraction of sp³-hybridized carbons (Fsp3) is 0.400. The first-order valence-corrected chi connectivity index (χ1v) is 9.27. The summed E-state index contributed by atoms with van der Waals surface area (Å²) in [5.41, 5.74) is 1.49. The van der Waals surface area contributed by atoms with Gasteiger partial charge >= 0.3 is 0 Å². The van der Waals surface area contributed by atoms with E-state index in [9.17, 15) is 0 Å². The molecule has 1 aromatic carbocycles. The number of likely N-dealkylation sites (tertiary alicyclic amines) is 1. The number of anilines is 1. The SMILES string of the molecule is COc1ccc(C(CNc2ccc(Cl)c(C#N)n2)N2CCCCC2)cc1. The molecule has 5 nitrogen and oxygen atoms in total. The van der Waals surface area contributed by atoms with Gasteiger partial charge in [-0.1, -0.05) is 30.2 Å². The van der Waals surface area contributed by atoms with E-state index in [1.165, 1.54) is 24.8 Å². The van der Waals surface area contributed by atoms with E-state index in [1.54, 1.807) is 13.2 Å². The molecule has 0 aliphatic carbocycles. The Morgan fingerprint density at radius 1 is 1.19 bits per heavy atom. The molecule has 1 saturated heterocycles. The Labute approximate surface area is 159 Å². The Hall–Kier alpha value is -2.29. The van der Waals surface area contributed by atoms with Crippen LogP contribution >= 0.6 is 11.6 Å². The number of nitriles is 1. The fourth-order valence-corrected chi connectivity index (χ4v) is 3.48. The first-order valence-electron chi connectivity index (χ1n) is 8.90. The van der Waals surface area contributed by atoms with E-state index in [2.05, 4.69) is 27.3 Å². The third-order valence-electron chi connectivity index (χ3n) is 4.76. The van der Waals surface area contributed by atoms with Gasteiger partial charge in [-0.3, -0.25) is 4.90 Å². The number of aromatic nitrogens is 1. The van der Waals surface area contributed by atoms with Crippen molar-refractivity contribution >= 4 is 17.4 Å². The monoisotopic (exact) mass is 370 g/mol. The second-order valence-electron chi connectivity index (χ2n) is 6.41. The number of nitrogens with zero attached hydrogens (tertiary/aromatic N) is 3. The zero-order chi connectivity index (χ0) is 18.4. The molecule has 1 N–H and O–H groups in total. The molecule has 2 heterocycles. The lowest BCUT2D eigenvalue weighted by Crippen LogP contribution is -2.37. The minimum atomic E-state index is 0.240. The van der Waals surface area contributed by atoms with Crippen LogP contribution in [0.4, 0.5) is 5.82 Å². The molecule has 1 aromatic heterocycles. The molecule has 6 heteroatoms. The third-order valence-corrected chi connectivity index (χ3v) is 5.07. The zero-order valence-corrected chi connectivity index (χ0v) is 15.7. The molecule has 26 heavy (non-hydrogen) atoms. The summed E-state index contributed by atoms with van der Waals surface area (Å²) < 4.78 is 5.28. The van der Waals surface area contributed by atoms with Crippen molar-refractivity contribution in [2.45, 2.75) is 25.3 Å². The van der Waals surface area contributed by atoms with Gasteiger partial charge in [0.1, 0.15) is 17.6 Å². The standard InChI is InChI=1S/C20H23ClN4O/c1-26-16-7-5-15(6-8-16)19(25-11-3-2-4-12-25)14-23-20-10-9-17(21)18(13-22)24-20/h5-10,19H,2-4,11-12,14H2,1H3,(H,23,24). The highest BCUT2D eigenvalue weighted by Crippen LogP contribution is 2.27. The van der Waals surface area contributed by atoms with Crippen molar-refractivity contribution in [1.82, 2.24) is 9.88 Å². The smallest absolute Gasteiger partial charge is 0.161 e. The number of ether oxygens (including phenoxy) is 1. The molecule has 1 fully saturated rings. The van der Waals surface area contributed by atoms with Crippen molar-refractivity contribution < 1.29 is 4.74 Å². The fourth-order valence-electron chi connectivity index (χ4n) is 3.33. The molecule has 3 rings (SSSR count). The average Bonchev–Trinajstić information content (AvgIpc) is 2.70. The van der Waals surface area contributed by atoms with Crippen molar-refractivity contribution in [3.63, 3.8) is 0 Å². The van der Waals surface area contributed by atoms with Crippen LogP contribution in [0.25, 0.3) is 0 Å². The van der Waals surface area contributed by atoms with E-state index in [-0.39, 0.29) is 11.7 Å². The predicted octanol–water partition coefficient (Wildman–Crippen LogP) is 4.25. The van der Waals surface area contributed by atoms with Gasteiger partial charge in [0.25, 0.3) is 0 Å². The lowest BCUT2D eigenvalue weighted by atomic mass is 10.0. The lowest BCUT2D eigenvalue weighted by molar-refractivity contribution is 0.170. The van der Waals surface area contributed by atoms with Gasteiger partial charge in [0.15, 0.2) is 5.69 Å². The number of methoxy groups -OCH3 is 1. The van der Waals surface area contributed by atoms with Gasteiger partial charge in [0.2, 0.25) is 0 Å². The topological polar surface area (TPSA) is 61.2 Å². The summed E-state index contributed by atoms with van der Waals surface area (Å²) in [7, 11) is 1.68. The summed E-state index contributed by atoms with van der Waals surface area (Å²) in [6.45, 7) is 2.90. The Morgan fingerprint density at radius 2 is 1.92 bits per heavy atom. The van der Waals surface area contributed by atoms with Gasteiger partial charge in [-0.15, -0.1) is 0 Å². The van der Waals surface area contributed by atoms with Gasteiger partial charge in [-0.2, -0.15) is 5.26 Å². The largest absolute Gasteiger partial charge is 0.497 e. The minimum Gasteiger partial charge on any atom is -0.497 e. The highest BCUT2D eigenvalue weighted by molar-refractivity contribution is 6.31. The van der Waals surface area contributed by atoms with Gasteiger partial charge in [0, 0.05) is 6.54 Å². The summed E-state index contributed by atoms with van der Waals surface area (Å²) >= 11 is 5.97. The van der Waals surface area contributed by atoms with Crippen LogP contribution in [0, 0.1) is 11.3 Å². The van der Waals surface area contributed by atoms with Crippen molar-refractivity contribution in [3.8, 4) is 11.8 Å². The van der Waals surface area contributed by atoms with Gasteiger partial charge in [-0.05, 0) is 55.8 Å². The number of nitrogens with one attached hydrogen (secondary N) is 1. The quantitative estimate of drug-likeness (QED) is 0.823. The molecular formula is C20H23ClN4O. The first kappa shape index (κ1) is 18.5. The molecular weight excluding hydrogens is 348 g/mol. The van der Waals surface area contributed by atoms with Crippen molar-refractivity contribution in [3.05, 3.63) is 52.7 Å². The van der Waals surface area contributed by atoms with Crippen molar-refractivity contribution in [2.24, 2.45) is 0 Å². The van der Waals surface area contributed by atoms with Crippen LogP contribution in [-0.2, 0) is 0 Å². The first-order chi connectivity index (χ1) is 12.7. The molecule has 0 amide bonds. The highest BCUT2D eigenvalue weighted by Gasteiger charge is 2.22. The second-order valence-corrected chi connectivity index (χ2v) is 6.81. The third kappa shape index (κ3) is 4.46. The van der Waals surface area contributed by atoms with E-state index in [0.29, 0.717) is 17.4 Å². The van der Waals surface area contributed by atoms with Crippen LogP contribution in [-0.4, -0.2) is 36.6 Å². The number of benzene rings is 1. The van der Waals surface area contributed by atoms with Crippen LogP contribution in [0.5, 0.6) is 5.75 Å². The second kappa shape index (κ2) is 8.88. The number of hydrogen-bond acceptors (Lipinski definition) is 5. The molecule has 1 aliphatic rings. The summed E-state index contributed by atoms with van der Waals surface area (Å²) in [6, 6.07) is 14.0. The summed E-state index contributed by atoms with van der Waals surface area (Å²) in [5, 5.41) is 12.9. The van der Waals surface area contributed by atoms with E-state index >= 15 is 0 Å². The van der Waals surface area contributed by atoms with E-state index in [4.69, 9.17) is 21.6 Å². The zero-order valence-electron chi connectivity index (χ0n) is 14.9. The highest BCUT2D eigenvalue weighted by atomic mass is 35.5. The number of hydrogen-bond donors (Lipinski definition) is 1. The Morgan fingerprint density at radius 3 is 2.58 bits per heavy atom. The molecule has 0 bridgehead atoms. The maximum atomic E-state index is 9.11. The average molecular weight is 371 g/mol. The van der Waals surface area contributed by atoms with Gasteiger partial charge in [0.05, 0.1) is 18.2 Å². The van der Waals surface area contributed by atoms with Crippen LogP contribution in [0.2, 0.25) is 5.02 Å². The van der Waals surface area contributed by atoms with Crippen LogP contribution in [0.15, 0.2) is 36.4 Å². The molecule has 1 aliphatic heterocycles. The summed E-state index contributed by atoms with van der Waals surface area (Å²) in [4.78, 5) is 6.80. The van der Waals surface area contributed by atoms with Crippen LogP contribution in [0.3, 0.4) is 0 Å². The number of piperidine rings is 1. The predicted molar refractivity (Wildman–Crippen MR) is 104 cm³/mol. The Balaban J connectivity index is 1.77. The van der Waals surface area contributed by atoms with Crippen molar-refractivity contribution in [1.29, 1.82) is 5.26 Å². The van der Waals surface area contributed by atoms with E-state index in [1.807, 2.05) is 24.3 Å². The van der Waals surface area contributed by atoms with Gasteiger partial charge in [-0.25, -0.2) is 4.98 Å². The molecule has 1 atom stereocenters. The molecule has 136 valence electrons. The summed E-state index contributed by atoms with van der Waals surface area (Å²) in [6.07, 6.45) is 3.75. The normalized spacial score (nSPS) is 15.9. The van der Waals surface area contributed by atoms with E-state index < -0.39 is 0 Å². The molecule has 2 aromatic rings. The molecule has 0 saturated carbocycles. The lowest BCUT2D eigenvalue weighted by Gasteiger charge is -2.35. The summed E-state index contributed by atoms with van der Waals surface area (Å²) in [5.74, 6) is 1.53. The van der Waals surface area contributed by atoms with E-state index in [0.717, 1.165) is 18.8 Å². The number of pyridine rings is 1.